The molecule has 88 valence electrons. The number of imidazole rings is 1. The van der Waals surface area contributed by atoms with Crippen molar-refractivity contribution in [3.63, 3.8) is 0 Å². The molecule has 0 bridgehead atoms. The quantitative estimate of drug-likeness (QED) is 0.609. The first kappa shape index (κ1) is 12.3. The molecule has 1 aromatic heterocycles. The topological polar surface area (TPSA) is 56.1 Å². The third-order valence-electron chi connectivity index (χ3n) is 2.12. The molecule has 0 saturated heterocycles. The normalized spacial score (nSPS) is 11.3. The van der Waals surface area contributed by atoms with Crippen molar-refractivity contribution >= 4 is 11.9 Å². The SMILES string of the molecule is CCOC(=O)/C(=C\Nc1nccn1C)CC. The van der Waals surface area contributed by atoms with Gasteiger partial charge in [0.25, 0.3) is 0 Å². The van der Waals surface area contributed by atoms with E-state index in [4.69, 9.17) is 4.74 Å². The van der Waals surface area contributed by atoms with Crippen molar-refractivity contribution in [3.05, 3.63) is 24.2 Å². The second kappa shape index (κ2) is 5.95. The Hall–Kier alpha value is -1.78. The van der Waals surface area contributed by atoms with E-state index in [9.17, 15) is 4.79 Å². The number of nitrogens with one attached hydrogen (secondary N) is 1. The molecule has 0 amide bonds. The Morgan fingerprint density at radius 2 is 2.38 bits per heavy atom. The van der Waals surface area contributed by atoms with E-state index in [0.717, 1.165) is 0 Å². The van der Waals surface area contributed by atoms with Gasteiger partial charge >= 0.3 is 5.97 Å². The molecule has 0 aliphatic heterocycles. The Bertz CT molecular complexity index is 382. The van der Waals surface area contributed by atoms with Gasteiger partial charge in [-0.05, 0) is 13.3 Å². The van der Waals surface area contributed by atoms with E-state index in [2.05, 4.69) is 10.3 Å². The van der Waals surface area contributed by atoms with Crippen LogP contribution in [0.4, 0.5) is 5.95 Å². The zero-order valence-electron chi connectivity index (χ0n) is 9.86. The number of carbonyl (C=O) groups is 1. The minimum atomic E-state index is -0.285. The summed E-state index contributed by atoms with van der Waals surface area (Å²) in [6.45, 7) is 4.08. The van der Waals surface area contributed by atoms with Gasteiger partial charge in [0.2, 0.25) is 5.95 Å². The molecular formula is C11H17N3O2. The van der Waals surface area contributed by atoms with Crippen LogP contribution in [0.2, 0.25) is 0 Å². The van der Waals surface area contributed by atoms with Gasteiger partial charge in [0.1, 0.15) is 0 Å². The van der Waals surface area contributed by atoms with Gasteiger partial charge in [-0.25, -0.2) is 9.78 Å². The van der Waals surface area contributed by atoms with Crippen molar-refractivity contribution in [1.82, 2.24) is 9.55 Å². The maximum Gasteiger partial charge on any atom is 0.335 e. The first-order chi connectivity index (χ1) is 7.69. The monoisotopic (exact) mass is 223 g/mol. The van der Waals surface area contributed by atoms with Gasteiger partial charge < -0.3 is 14.6 Å². The number of hydrogen-bond acceptors (Lipinski definition) is 4. The van der Waals surface area contributed by atoms with Crippen LogP contribution in [0.3, 0.4) is 0 Å². The Kier molecular flexibility index (Phi) is 4.57. The fraction of sp³-hybridized carbons (Fsp3) is 0.455. The van der Waals surface area contributed by atoms with Crippen LogP contribution in [0.15, 0.2) is 24.2 Å². The van der Waals surface area contributed by atoms with Crippen molar-refractivity contribution < 1.29 is 9.53 Å². The van der Waals surface area contributed by atoms with Gasteiger partial charge in [-0.2, -0.15) is 0 Å². The van der Waals surface area contributed by atoms with E-state index in [1.165, 1.54) is 0 Å². The molecule has 0 radical (unpaired) electrons. The summed E-state index contributed by atoms with van der Waals surface area (Å²) in [6, 6.07) is 0. The molecule has 1 heterocycles. The molecule has 5 heteroatoms. The van der Waals surface area contributed by atoms with Crippen molar-refractivity contribution in [2.45, 2.75) is 20.3 Å². The Balaban J connectivity index is 2.67. The maximum atomic E-state index is 11.5. The number of rotatable bonds is 5. The van der Waals surface area contributed by atoms with Crippen LogP contribution in [-0.2, 0) is 16.6 Å². The highest BCUT2D eigenvalue weighted by Gasteiger charge is 2.08. The van der Waals surface area contributed by atoms with Crippen LogP contribution < -0.4 is 5.32 Å². The highest BCUT2D eigenvalue weighted by Crippen LogP contribution is 2.06. The maximum absolute atomic E-state index is 11.5. The Morgan fingerprint density at radius 1 is 1.62 bits per heavy atom. The predicted octanol–water partition coefficient (Wildman–Crippen LogP) is 1.69. The Labute approximate surface area is 95.1 Å². The standard InChI is InChI=1S/C11H17N3O2/c1-4-9(10(15)16-5-2)8-13-11-12-6-7-14(11)3/h6-8H,4-5H2,1-3H3,(H,12,13)/b9-8-. The molecule has 0 aromatic carbocycles. The minimum absolute atomic E-state index is 0.285. The lowest BCUT2D eigenvalue weighted by Gasteiger charge is -2.05. The fourth-order valence-corrected chi connectivity index (χ4v) is 1.19. The largest absolute Gasteiger partial charge is 0.463 e. The van der Waals surface area contributed by atoms with Crippen LogP contribution in [0.1, 0.15) is 20.3 Å². The zero-order chi connectivity index (χ0) is 12.0. The van der Waals surface area contributed by atoms with E-state index in [1.807, 2.05) is 24.7 Å². The third kappa shape index (κ3) is 3.12. The van der Waals surface area contributed by atoms with E-state index in [1.54, 1.807) is 19.3 Å². The molecule has 0 aliphatic rings. The Morgan fingerprint density at radius 3 is 2.88 bits per heavy atom. The van der Waals surface area contributed by atoms with E-state index in [-0.39, 0.29) is 5.97 Å². The number of anilines is 1. The lowest BCUT2D eigenvalue weighted by Crippen LogP contribution is -2.09. The van der Waals surface area contributed by atoms with Gasteiger partial charge in [-0.3, -0.25) is 0 Å². The van der Waals surface area contributed by atoms with E-state index in [0.29, 0.717) is 24.5 Å². The van der Waals surface area contributed by atoms with Crippen molar-refractivity contribution in [2.24, 2.45) is 7.05 Å². The predicted molar refractivity (Wildman–Crippen MR) is 61.8 cm³/mol. The fourth-order valence-electron chi connectivity index (χ4n) is 1.19. The average molecular weight is 223 g/mol. The molecule has 16 heavy (non-hydrogen) atoms. The molecule has 5 nitrogen and oxygen atoms in total. The molecule has 1 aromatic rings. The molecule has 0 saturated carbocycles. The smallest absolute Gasteiger partial charge is 0.335 e. The molecular weight excluding hydrogens is 206 g/mol. The summed E-state index contributed by atoms with van der Waals surface area (Å²) in [5.41, 5.74) is 0.602. The zero-order valence-corrected chi connectivity index (χ0v) is 9.86. The summed E-state index contributed by atoms with van der Waals surface area (Å²) in [6.07, 6.45) is 5.77. The van der Waals surface area contributed by atoms with Crippen LogP contribution in [0.5, 0.6) is 0 Å². The van der Waals surface area contributed by atoms with Gasteiger partial charge in [0, 0.05) is 25.6 Å². The second-order valence-electron chi connectivity index (χ2n) is 3.25. The molecule has 0 unspecified atom stereocenters. The first-order valence-electron chi connectivity index (χ1n) is 5.29. The summed E-state index contributed by atoms with van der Waals surface area (Å²) >= 11 is 0. The molecule has 0 fully saturated rings. The highest BCUT2D eigenvalue weighted by atomic mass is 16.5. The van der Waals surface area contributed by atoms with Crippen LogP contribution in [0.25, 0.3) is 0 Å². The average Bonchev–Trinajstić information content (AvgIpc) is 2.66. The molecule has 1 rings (SSSR count). The number of esters is 1. The number of hydrogen-bond donors (Lipinski definition) is 1. The van der Waals surface area contributed by atoms with E-state index < -0.39 is 0 Å². The minimum Gasteiger partial charge on any atom is -0.463 e. The van der Waals surface area contributed by atoms with Crippen molar-refractivity contribution in [2.75, 3.05) is 11.9 Å². The summed E-state index contributed by atoms with van der Waals surface area (Å²) in [7, 11) is 1.87. The number of ether oxygens (including phenoxy) is 1. The molecule has 0 atom stereocenters. The van der Waals surface area contributed by atoms with Gasteiger partial charge in [0.05, 0.1) is 12.2 Å². The lowest BCUT2D eigenvalue weighted by atomic mass is 10.2. The van der Waals surface area contributed by atoms with Crippen LogP contribution >= 0.6 is 0 Å². The number of aromatic nitrogens is 2. The van der Waals surface area contributed by atoms with Gasteiger partial charge in [-0.1, -0.05) is 6.92 Å². The molecule has 0 aliphatic carbocycles. The summed E-state index contributed by atoms with van der Waals surface area (Å²) in [4.78, 5) is 15.5. The molecule has 0 spiro atoms. The third-order valence-corrected chi connectivity index (χ3v) is 2.12. The number of nitrogens with zero attached hydrogens (tertiary/aromatic N) is 2. The van der Waals surface area contributed by atoms with Crippen molar-refractivity contribution in [3.8, 4) is 0 Å². The van der Waals surface area contributed by atoms with E-state index >= 15 is 0 Å². The lowest BCUT2D eigenvalue weighted by molar-refractivity contribution is -0.138. The second-order valence-corrected chi connectivity index (χ2v) is 3.25. The van der Waals surface area contributed by atoms with Crippen LogP contribution in [-0.4, -0.2) is 22.1 Å². The summed E-state index contributed by atoms with van der Waals surface area (Å²) in [5, 5.41) is 2.97. The number of carbonyl (C=O) groups excluding carboxylic acids is 1. The molecule has 1 N–H and O–H groups in total. The highest BCUT2D eigenvalue weighted by molar-refractivity contribution is 5.88. The van der Waals surface area contributed by atoms with Gasteiger partial charge in [-0.15, -0.1) is 0 Å². The first-order valence-corrected chi connectivity index (χ1v) is 5.29. The summed E-state index contributed by atoms with van der Waals surface area (Å²) in [5.74, 6) is 0.405. The van der Waals surface area contributed by atoms with Crippen molar-refractivity contribution in [1.29, 1.82) is 0 Å². The number of aryl methyl sites for hydroxylation is 1. The summed E-state index contributed by atoms with van der Waals surface area (Å²) < 4.78 is 6.75. The van der Waals surface area contributed by atoms with Crippen LogP contribution in [0, 0.1) is 0 Å². The van der Waals surface area contributed by atoms with Gasteiger partial charge in [0.15, 0.2) is 0 Å².